The lowest BCUT2D eigenvalue weighted by Gasteiger charge is -2.20. The summed E-state index contributed by atoms with van der Waals surface area (Å²) in [6.45, 7) is 0. The van der Waals surface area contributed by atoms with Crippen molar-refractivity contribution in [2.45, 2.75) is 32.1 Å². The summed E-state index contributed by atoms with van der Waals surface area (Å²) in [4.78, 5) is 12.2. The molecule has 2 heteroatoms. The molecule has 0 spiro atoms. The maximum Gasteiger partial charge on any atom is 0.163 e. The van der Waals surface area contributed by atoms with E-state index in [-0.39, 0.29) is 5.78 Å². The van der Waals surface area contributed by atoms with Crippen molar-refractivity contribution in [3.63, 3.8) is 0 Å². The molecule has 90 valence electrons. The van der Waals surface area contributed by atoms with Gasteiger partial charge in [0.15, 0.2) is 5.78 Å². The molecule has 2 saturated carbocycles. The SMILES string of the molecule is O=C(CC1CC2CCC1C2)c1cccc(Cl)c1. The van der Waals surface area contributed by atoms with Gasteiger partial charge in [-0.25, -0.2) is 0 Å². The van der Waals surface area contributed by atoms with Crippen LogP contribution in [-0.2, 0) is 0 Å². The summed E-state index contributed by atoms with van der Waals surface area (Å²) in [5, 5.41) is 0.656. The summed E-state index contributed by atoms with van der Waals surface area (Å²) in [5.74, 6) is 2.64. The van der Waals surface area contributed by atoms with E-state index in [1.807, 2.05) is 18.2 Å². The first kappa shape index (κ1) is 11.3. The molecule has 3 rings (SSSR count). The van der Waals surface area contributed by atoms with Crippen LogP contribution >= 0.6 is 11.6 Å². The van der Waals surface area contributed by atoms with Crippen LogP contribution < -0.4 is 0 Å². The Hall–Kier alpha value is -0.820. The van der Waals surface area contributed by atoms with Crippen molar-refractivity contribution in [3.8, 4) is 0 Å². The zero-order valence-corrected chi connectivity index (χ0v) is 10.6. The van der Waals surface area contributed by atoms with Gasteiger partial charge in [0.2, 0.25) is 0 Å². The van der Waals surface area contributed by atoms with Gasteiger partial charge in [0, 0.05) is 17.0 Å². The normalized spacial score (nSPS) is 30.8. The van der Waals surface area contributed by atoms with Gasteiger partial charge in [-0.1, -0.05) is 30.2 Å². The summed E-state index contributed by atoms with van der Waals surface area (Å²) in [6.07, 6.45) is 6.11. The highest BCUT2D eigenvalue weighted by Crippen LogP contribution is 2.49. The van der Waals surface area contributed by atoms with Crippen molar-refractivity contribution in [1.29, 1.82) is 0 Å². The molecule has 2 aliphatic rings. The summed E-state index contributed by atoms with van der Waals surface area (Å²) in [6, 6.07) is 7.34. The third-order valence-corrected chi connectivity index (χ3v) is 4.71. The first-order chi connectivity index (χ1) is 8.22. The number of benzene rings is 1. The Morgan fingerprint density at radius 3 is 2.82 bits per heavy atom. The van der Waals surface area contributed by atoms with E-state index in [2.05, 4.69) is 0 Å². The highest BCUT2D eigenvalue weighted by Gasteiger charge is 2.40. The van der Waals surface area contributed by atoms with Gasteiger partial charge in [-0.3, -0.25) is 4.79 Å². The standard InChI is InChI=1S/C15H17ClO/c16-14-3-1-2-12(8-14)15(17)9-13-7-10-4-5-11(13)6-10/h1-3,8,10-11,13H,4-7,9H2. The lowest BCUT2D eigenvalue weighted by molar-refractivity contribution is 0.0944. The lowest BCUT2D eigenvalue weighted by Crippen LogP contribution is -2.15. The number of carbonyl (C=O) groups is 1. The minimum Gasteiger partial charge on any atom is -0.294 e. The summed E-state index contributed by atoms with van der Waals surface area (Å²) >= 11 is 5.92. The number of halogens is 1. The minimum absolute atomic E-state index is 0.269. The molecule has 3 unspecified atom stereocenters. The van der Waals surface area contributed by atoms with Crippen LogP contribution in [0.3, 0.4) is 0 Å². The van der Waals surface area contributed by atoms with Crippen LogP contribution in [0.1, 0.15) is 42.5 Å². The van der Waals surface area contributed by atoms with Crippen LogP contribution in [0.15, 0.2) is 24.3 Å². The van der Waals surface area contributed by atoms with Crippen LogP contribution in [0, 0.1) is 17.8 Å². The molecule has 3 atom stereocenters. The van der Waals surface area contributed by atoms with Crippen molar-refractivity contribution < 1.29 is 4.79 Å². The minimum atomic E-state index is 0.269. The molecule has 2 aliphatic carbocycles. The Kier molecular flexibility index (Phi) is 2.96. The van der Waals surface area contributed by atoms with Gasteiger partial charge >= 0.3 is 0 Å². The Morgan fingerprint density at radius 1 is 1.29 bits per heavy atom. The first-order valence-corrected chi connectivity index (χ1v) is 6.89. The lowest BCUT2D eigenvalue weighted by atomic mass is 9.84. The Labute approximate surface area is 107 Å². The second-order valence-electron chi connectivity index (χ2n) is 5.57. The van der Waals surface area contributed by atoms with Gasteiger partial charge in [0.1, 0.15) is 0 Å². The molecule has 0 amide bonds. The summed E-state index contributed by atoms with van der Waals surface area (Å²) in [7, 11) is 0. The van der Waals surface area contributed by atoms with E-state index in [4.69, 9.17) is 11.6 Å². The van der Waals surface area contributed by atoms with E-state index in [0.29, 0.717) is 10.9 Å². The van der Waals surface area contributed by atoms with E-state index in [0.717, 1.165) is 23.8 Å². The number of hydrogen-bond donors (Lipinski definition) is 0. The molecule has 1 aromatic carbocycles. The van der Waals surface area contributed by atoms with Gasteiger partial charge in [0.25, 0.3) is 0 Å². The largest absolute Gasteiger partial charge is 0.294 e. The zero-order chi connectivity index (χ0) is 11.8. The van der Waals surface area contributed by atoms with E-state index >= 15 is 0 Å². The molecule has 1 nitrogen and oxygen atoms in total. The van der Waals surface area contributed by atoms with Gasteiger partial charge in [-0.15, -0.1) is 0 Å². The molecule has 1 aromatic rings. The van der Waals surface area contributed by atoms with E-state index in [1.54, 1.807) is 6.07 Å². The second-order valence-corrected chi connectivity index (χ2v) is 6.01. The van der Waals surface area contributed by atoms with Crippen LogP contribution in [0.5, 0.6) is 0 Å². The van der Waals surface area contributed by atoms with Crippen LogP contribution in [0.2, 0.25) is 5.02 Å². The van der Waals surface area contributed by atoms with Crippen molar-refractivity contribution in [2.75, 3.05) is 0 Å². The number of rotatable bonds is 3. The molecule has 2 fully saturated rings. The molecule has 0 heterocycles. The molecule has 0 saturated heterocycles. The van der Waals surface area contributed by atoms with Crippen molar-refractivity contribution in [2.24, 2.45) is 17.8 Å². The number of Topliss-reactive ketones (excluding diaryl/α,β-unsaturated/α-hetero) is 1. The van der Waals surface area contributed by atoms with Gasteiger partial charge in [-0.2, -0.15) is 0 Å². The van der Waals surface area contributed by atoms with Crippen LogP contribution in [-0.4, -0.2) is 5.78 Å². The molecule has 2 bridgehead atoms. The molecular formula is C15H17ClO. The van der Waals surface area contributed by atoms with Crippen molar-refractivity contribution in [3.05, 3.63) is 34.9 Å². The fourth-order valence-electron chi connectivity index (χ4n) is 3.64. The van der Waals surface area contributed by atoms with Gasteiger partial charge in [0.05, 0.1) is 0 Å². The topological polar surface area (TPSA) is 17.1 Å². The molecule has 17 heavy (non-hydrogen) atoms. The average Bonchev–Trinajstić information content (AvgIpc) is 2.91. The number of carbonyl (C=O) groups excluding carboxylic acids is 1. The van der Waals surface area contributed by atoms with E-state index in [1.165, 1.54) is 25.7 Å². The third-order valence-electron chi connectivity index (χ3n) is 4.48. The van der Waals surface area contributed by atoms with Gasteiger partial charge in [-0.05, 0) is 49.1 Å². The van der Waals surface area contributed by atoms with Crippen molar-refractivity contribution in [1.82, 2.24) is 0 Å². The van der Waals surface area contributed by atoms with Gasteiger partial charge < -0.3 is 0 Å². The zero-order valence-electron chi connectivity index (χ0n) is 9.86. The predicted molar refractivity (Wildman–Crippen MR) is 69.3 cm³/mol. The maximum absolute atomic E-state index is 12.2. The maximum atomic E-state index is 12.2. The number of hydrogen-bond acceptors (Lipinski definition) is 1. The molecule has 0 N–H and O–H groups in total. The smallest absolute Gasteiger partial charge is 0.163 e. The van der Waals surface area contributed by atoms with Crippen LogP contribution in [0.4, 0.5) is 0 Å². The fourth-order valence-corrected chi connectivity index (χ4v) is 3.83. The molecular weight excluding hydrogens is 232 g/mol. The van der Waals surface area contributed by atoms with E-state index < -0.39 is 0 Å². The summed E-state index contributed by atoms with van der Waals surface area (Å²) in [5.41, 5.74) is 0.778. The Balaban J connectivity index is 1.68. The highest BCUT2D eigenvalue weighted by molar-refractivity contribution is 6.31. The summed E-state index contributed by atoms with van der Waals surface area (Å²) < 4.78 is 0. The van der Waals surface area contributed by atoms with Crippen molar-refractivity contribution >= 4 is 17.4 Å². The third kappa shape index (κ3) is 2.26. The molecule has 0 radical (unpaired) electrons. The van der Waals surface area contributed by atoms with Crippen LogP contribution in [0.25, 0.3) is 0 Å². The number of ketones is 1. The Bertz CT molecular complexity index is 440. The predicted octanol–water partition coefficient (Wildman–Crippen LogP) is 4.35. The van der Waals surface area contributed by atoms with E-state index in [9.17, 15) is 4.79 Å². The monoisotopic (exact) mass is 248 g/mol. The second kappa shape index (κ2) is 4.45. The quantitative estimate of drug-likeness (QED) is 0.727. The molecule has 0 aromatic heterocycles. The first-order valence-electron chi connectivity index (χ1n) is 6.51. The highest BCUT2D eigenvalue weighted by atomic mass is 35.5. The fraction of sp³-hybridized carbons (Fsp3) is 0.533. The molecule has 0 aliphatic heterocycles. The average molecular weight is 249 g/mol. The Morgan fingerprint density at radius 2 is 2.18 bits per heavy atom. The number of fused-ring (bicyclic) bond motifs is 2.